The summed E-state index contributed by atoms with van der Waals surface area (Å²) in [4.78, 5) is 11.7. The lowest BCUT2D eigenvalue weighted by atomic mass is 9.93. The van der Waals surface area contributed by atoms with E-state index in [-0.39, 0.29) is 24.9 Å². The third kappa shape index (κ3) is 5.10. The number of ether oxygens (including phenoxy) is 1. The molecule has 20 heavy (non-hydrogen) atoms. The van der Waals surface area contributed by atoms with E-state index in [1.54, 1.807) is 32.9 Å². The zero-order valence-corrected chi connectivity index (χ0v) is 12.8. The molecule has 3 nitrogen and oxygen atoms in total. The van der Waals surface area contributed by atoms with E-state index in [4.69, 9.17) is 22.1 Å². The van der Waals surface area contributed by atoms with Gasteiger partial charge in [-0.15, -0.1) is 0 Å². The van der Waals surface area contributed by atoms with E-state index in [1.807, 2.05) is 0 Å². The number of rotatable bonds is 5. The highest BCUT2D eigenvalue weighted by Crippen LogP contribution is 2.30. The molecule has 1 atom stereocenters. The molecule has 0 heterocycles. The van der Waals surface area contributed by atoms with Crippen molar-refractivity contribution in [1.29, 1.82) is 0 Å². The van der Waals surface area contributed by atoms with Crippen LogP contribution in [0.5, 0.6) is 0 Å². The number of benzene rings is 1. The van der Waals surface area contributed by atoms with E-state index >= 15 is 0 Å². The lowest BCUT2D eigenvalue weighted by Gasteiger charge is -2.21. The highest BCUT2D eigenvalue weighted by molar-refractivity contribution is 6.31. The Kier molecular flexibility index (Phi) is 5.96. The highest BCUT2D eigenvalue weighted by atomic mass is 35.5. The number of carbonyl (C=O) groups is 1. The lowest BCUT2D eigenvalue weighted by molar-refractivity contribution is -0.155. The first-order chi connectivity index (χ1) is 9.24. The normalized spacial score (nSPS) is 13.1. The van der Waals surface area contributed by atoms with Gasteiger partial charge in [0, 0.05) is 22.9 Å². The van der Waals surface area contributed by atoms with Gasteiger partial charge in [-0.1, -0.05) is 17.7 Å². The molecule has 1 aromatic carbocycles. The molecule has 112 valence electrons. The fourth-order valence-electron chi connectivity index (χ4n) is 1.97. The SMILES string of the molecule is CC(C)(C)OC(=O)CCC(CN)c1c(F)cccc1Cl. The fourth-order valence-corrected chi connectivity index (χ4v) is 2.28. The maximum absolute atomic E-state index is 13.8. The number of hydrogen-bond donors (Lipinski definition) is 1. The summed E-state index contributed by atoms with van der Waals surface area (Å²) in [5.41, 5.74) is 5.53. The second kappa shape index (κ2) is 7.04. The first kappa shape index (κ1) is 16.9. The van der Waals surface area contributed by atoms with Crippen LogP contribution in [0, 0.1) is 5.82 Å². The summed E-state index contributed by atoms with van der Waals surface area (Å²) in [6.07, 6.45) is 0.593. The van der Waals surface area contributed by atoms with Gasteiger partial charge in [-0.05, 0) is 45.9 Å². The summed E-state index contributed by atoms with van der Waals surface area (Å²) in [7, 11) is 0. The largest absolute Gasteiger partial charge is 0.460 e. The summed E-state index contributed by atoms with van der Waals surface area (Å²) in [6.45, 7) is 5.64. The monoisotopic (exact) mass is 301 g/mol. The Morgan fingerprint density at radius 3 is 2.60 bits per heavy atom. The quantitative estimate of drug-likeness (QED) is 0.845. The fraction of sp³-hybridized carbons (Fsp3) is 0.533. The Labute approximate surface area is 124 Å². The Hall–Kier alpha value is -1.13. The van der Waals surface area contributed by atoms with E-state index in [9.17, 15) is 9.18 Å². The molecule has 0 saturated carbocycles. The maximum Gasteiger partial charge on any atom is 0.306 e. The van der Waals surface area contributed by atoms with Crippen LogP contribution in [-0.2, 0) is 9.53 Å². The molecular formula is C15H21ClFNO2. The van der Waals surface area contributed by atoms with Crippen molar-refractivity contribution >= 4 is 17.6 Å². The van der Waals surface area contributed by atoms with Crippen LogP contribution in [0.25, 0.3) is 0 Å². The van der Waals surface area contributed by atoms with Crippen molar-refractivity contribution in [3.63, 3.8) is 0 Å². The molecule has 5 heteroatoms. The second-order valence-corrected chi connectivity index (χ2v) is 6.10. The van der Waals surface area contributed by atoms with E-state index < -0.39 is 11.4 Å². The summed E-state index contributed by atoms with van der Waals surface area (Å²) in [5, 5.41) is 0.338. The average Bonchev–Trinajstić information content (AvgIpc) is 2.30. The standard InChI is InChI=1S/C15H21ClFNO2/c1-15(2,3)20-13(19)8-7-10(9-18)14-11(16)5-4-6-12(14)17/h4-6,10H,7-9,18H2,1-3H3. The highest BCUT2D eigenvalue weighted by Gasteiger charge is 2.21. The molecule has 0 bridgehead atoms. The number of nitrogens with two attached hydrogens (primary N) is 1. The first-order valence-electron chi connectivity index (χ1n) is 6.60. The lowest BCUT2D eigenvalue weighted by Crippen LogP contribution is -2.24. The van der Waals surface area contributed by atoms with Gasteiger partial charge in [-0.3, -0.25) is 4.79 Å². The van der Waals surface area contributed by atoms with Gasteiger partial charge in [0.15, 0.2) is 0 Å². The maximum atomic E-state index is 13.8. The van der Waals surface area contributed by atoms with Crippen LogP contribution in [0.15, 0.2) is 18.2 Å². The van der Waals surface area contributed by atoms with Crippen molar-refractivity contribution in [2.75, 3.05) is 6.54 Å². The van der Waals surface area contributed by atoms with Gasteiger partial charge in [0.25, 0.3) is 0 Å². The van der Waals surface area contributed by atoms with Crippen LogP contribution in [0.3, 0.4) is 0 Å². The van der Waals surface area contributed by atoms with Gasteiger partial charge < -0.3 is 10.5 Å². The molecule has 1 unspecified atom stereocenters. The number of esters is 1. The molecule has 2 N–H and O–H groups in total. The van der Waals surface area contributed by atoms with E-state index in [2.05, 4.69) is 0 Å². The summed E-state index contributed by atoms with van der Waals surface area (Å²) < 4.78 is 19.0. The Balaban J connectivity index is 2.71. The molecule has 0 aliphatic carbocycles. The zero-order chi connectivity index (χ0) is 15.3. The average molecular weight is 302 g/mol. The molecule has 1 rings (SSSR count). The third-order valence-electron chi connectivity index (χ3n) is 2.81. The summed E-state index contributed by atoms with van der Waals surface area (Å²) >= 11 is 6.01. The van der Waals surface area contributed by atoms with Gasteiger partial charge in [0.1, 0.15) is 11.4 Å². The Morgan fingerprint density at radius 1 is 1.45 bits per heavy atom. The third-order valence-corrected chi connectivity index (χ3v) is 3.14. The van der Waals surface area contributed by atoms with Crippen LogP contribution >= 0.6 is 11.6 Å². The van der Waals surface area contributed by atoms with Crippen LogP contribution in [-0.4, -0.2) is 18.1 Å². The van der Waals surface area contributed by atoms with Crippen LogP contribution in [0.2, 0.25) is 5.02 Å². The summed E-state index contributed by atoms with van der Waals surface area (Å²) in [6, 6.07) is 4.51. The minimum absolute atomic E-state index is 0.184. The topological polar surface area (TPSA) is 52.3 Å². The van der Waals surface area contributed by atoms with Crippen LogP contribution < -0.4 is 5.73 Å². The molecule has 0 radical (unpaired) electrons. The molecule has 0 aliphatic heterocycles. The number of hydrogen-bond acceptors (Lipinski definition) is 3. The smallest absolute Gasteiger partial charge is 0.306 e. The van der Waals surface area contributed by atoms with Crippen molar-refractivity contribution in [2.45, 2.75) is 45.1 Å². The van der Waals surface area contributed by atoms with Crippen LogP contribution in [0.4, 0.5) is 4.39 Å². The number of carbonyl (C=O) groups excluding carboxylic acids is 1. The van der Waals surface area contributed by atoms with Gasteiger partial charge in [0.2, 0.25) is 0 Å². The summed E-state index contributed by atoms with van der Waals surface area (Å²) in [5.74, 6) is -1.00. The van der Waals surface area contributed by atoms with Gasteiger partial charge in [0.05, 0.1) is 0 Å². The van der Waals surface area contributed by atoms with E-state index in [0.717, 1.165) is 0 Å². The predicted octanol–water partition coefficient (Wildman–Crippen LogP) is 3.64. The van der Waals surface area contributed by atoms with Crippen molar-refractivity contribution in [1.82, 2.24) is 0 Å². The molecule has 0 aromatic heterocycles. The van der Waals surface area contributed by atoms with Crippen molar-refractivity contribution in [2.24, 2.45) is 5.73 Å². The van der Waals surface area contributed by atoms with E-state index in [1.165, 1.54) is 6.07 Å². The minimum atomic E-state index is -0.523. The molecular weight excluding hydrogens is 281 g/mol. The second-order valence-electron chi connectivity index (χ2n) is 5.69. The Bertz CT molecular complexity index is 451. The molecule has 0 amide bonds. The molecule has 1 aromatic rings. The van der Waals surface area contributed by atoms with Crippen LogP contribution in [0.1, 0.15) is 45.1 Å². The molecule has 0 saturated heterocycles. The predicted molar refractivity (Wildman–Crippen MR) is 78.3 cm³/mol. The first-order valence-corrected chi connectivity index (χ1v) is 6.98. The van der Waals surface area contributed by atoms with E-state index in [0.29, 0.717) is 17.0 Å². The van der Waals surface area contributed by atoms with Gasteiger partial charge in [-0.25, -0.2) is 4.39 Å². The van der Waals surface area contributed by atoms with Crippen molar-refractivity contribution in [3.05, 3.63) is 34.6 Å². The van der Waals surface area contributed by atoms with Gasteiger partial charge in [-0.2, -0.15) is 0 Å². The van der Waals surface area contributed by atoms with Crippen molar-refractivity contribution in [3.8, 4) is 0 Å². The molecule has 0 spiro atoms. The molecule has 0 fully saturated rings. The number of halogens is 2. The van der Waals surface area contributed by atoms with Crippen molar-refractivity contribution < 1.29 is 13.9 Å². The molecule has 0 aliphatic rings. The Morgan fingerprint density at radius 2 is 2.10 bits per heavy atom. The zero-order valence-electron chi connectivity index (χ0n) is 12.1. The minimum Gasteiger partial charge on any atom is -0.460 e. The van der Waals surface area contributed by atoms with Gasteiger partial charge >= 0.3 is 5.97 Å².